The van der Waals surface area contributed by atoms with Crippen LogP contribution in [0, 0.1) is 0 Å². The van der Waals surface area contributed by atoms with Gasteiger partial charge >= 0.3 is 0 Å². The van der Waals surface area contributed by atoms with Crippen molar-refractivity contribution in [2.45, 2.75) is 37.9 Å². The van der Waals surface area contributed by atoms with Crippen LogP contribution in [0.3, 0.4) is 0 Å². The van der Waals surface area contributed by atoms with Crippen LogP contribution in [0.2, 0.25) is 0 Å². The summed E-state index contributed by atoms with van der Waals surface area (Å²) in [7, 11) is -1.00. The van der Waals surface area contributed by atoms with Crippen LogP contribution in [0.15, 0.2) is 24.3 Å². The van der Waals surface area contributed by atoms with Gasteiger partial charge in [-0.2, -0.15) is 0 Å². The van der Waals surface area contributed by atoms with Crippen LogP contribution in [0.1, 0.15) is 42.1 Å². The molecule has 0 aromatic heterocycles. The van der Waals surface area contributed by atoms with Crippen molar-refractivity contribution in [2.75, 3.05) is 5.75 Å². The lowest BCUT2D eigenvalue weighted by molar-refractivity contribution is 0.0999. The highest BCUT2D eigenvalue weighted by Gasteiger charge is 2.33. The molecule has 0 fully saturated rings. The topological polar surface area (TPSA) is 34.1 Å². The molecule has 2 rings (SSSR count). The highest BCUT2D eigenvalue weighted by molar-refractivity contribution is 7.86. The Balaban J connectivity index is 2.02. The smallest absolute Gasteiger partial charge is 0.179 e. The van der Waals surface area contributed by atoms with Gasteiger partial charge in [-0.25, -0.2) is 0 Å². The van der Waals surface area contributed by atoms with Crippen LogP contribution < -0.4 is 0 Å². The van der Waals surface area contributed by atoms with Crippen LogP contribution in [0.4, 0.5) is 0 Å². The third-order valence-electron chi connectivity index (χ3n) is 3.25. The number of rotatable bonds is 5. The van der Waals surface area contributed by atoms with Gasteiger partial charge in [0, 0.05) is 22.1 Å². The highest BCUT2D eigenvalue weighted by Crippen LogP contribution is 2.25. The number of carbonyl (C=O) groups excluding carboxylic acids is 1. The first-order valence-corrected chi connectivity index (χ1v) is 7.61. The summed E-state index contributed by atoms with van der Waals surface area (Å²) in [6, 6.07) is 7.63. The summed E-state index contributed by atoms with van der Waals surface area (Å²) in [5, 5.41) is -0.288. The number of benzene rings is 1. The molecular weight excluding hydrogens is 232 g/mol. The Morgan fingerprint density at radius 3 is 2.76 bits per heavy atom. The van der Waals surface area contributed by atoms with Gasteiger partial charge in [0.2, 0.25) is 0 Å². The monoisotopic (exact) mass is 250 g/mol. The number of hydrogen-bond donors (Lipinski definition) is 0. The second kappa shape index (κ2) is 5.58. The quantitative estimate of drug-likeness (QED) is 0.753. The van der Waals surface area contributed by atoms with Gasteiger partial charge in [0.15, 0.2) is 5.78 Å². The third kappa shape index (κ3) is 2.65. The fourth-order valence-electron chi connectivity index (χ4n) is 2.25. The van der Waals surface area contributed by atoms with Crippen LogP contribution >= 0.6 is 0 Å². The molecule has 2 nitrogen and oxygen atoms in total. The molecule has 0 amide bonds. The average molecular weight is 250 g/mol. The van der Waals surface area contributed by atoms with Gasteiger partial charge in [-0.15, -0.1) is 0 Å². The van der Waals surface area contributed by atoms with E-state index in [0.29, 0.717) is 12.2 Å². The van der Waals surface area contributed by atoms with Crippen LogP contribution in [0.5, 0.6) is 0 Å². The number of ketones is 1. The number of fused-ring (bicyclic) bond motifs is 1. The molecule has 1 aliphatic rings. The van der Waals surface area contributed by atoms with Crippen molar-refractivity contribution in [3.8, 4) is 0 Å². The summed E-state index contributed by atoms with van der Waals surface area (Å²) < 4.78 is 12.1. The second-order valence-electron chi connectivity index (χ2n) is 4.51. The number of unbranched alkanes of at least 4 members (excludes halogenated alkanes) is 2. The predicted octanol–water partition coefficient (Wildman–Crippen LogP) is 2.73. The molecule has 2 unspecified atom stereocenters. The highest BCUT2D eigenvalue weighted by atomic mass is 32.2. The van der Waals surface area contributed by atoms with Gasteiger partial charge in [0.25, 0.3) is 0 Å². The van der Waals surface area contributed by atoms with Gasteiger partial charge in [-0.05, 0) is 18.4 Å². The summed E-state index contributed by atoms with van der Waals surface area (Å²) in [4.78, 5) is 12.1. The molecule has 0 N–H and O–H groups in total. The maximum absolute atomic E-state index is 12.1. The Hall–Kier alpha value is -0.960. The van der Waals surface area contributed by atoms with Crippen molar-refractivity contribution >= 4 is 16.6 Å². The zero-order valence-corrected chi connectivity index (χ0v) is 11.0. The largest absolute Gasteiger partial charge is 0.293 e. The van der Waals surface area contributed by atoms with Crippen molar-refractivity contribution in [2.24, 2.45) is 0 Å². The van der Waals surface area contributed by atoms with Gasteiger partial charge in [0.05, 0.1) is 0 Å². The Kier molecular flexibility index (Phi) is 4.11. The molecule has 0 radical (unpaired) electrons. The first-order valence-electron chi connectivity index (χ1n) is 6.23. The molecular formula is C14H18O2S. The Bertz CT molecular complexity index is 440. The Morgan fingerprint density at radius 1 is 1.29 bits per heavy atom. The van der Waals surface area contributed by atoms with E-state index in [4.69, 9.17) is 0 Å². The molecule has 92 valence electrons. The predicted molar refractivity (Wildman–Crippen MR) is 70.8 cm³/mol. The first kappa shape index (κ1) is 12.5. The van der Waals surface area contributed by atoms with Crippen LogP contribution in [0.25, 0.3) is 0 Å². The summed E-state index contributed by atoms with van der Waals surface area (Å²) in [6.07, 6.45) is 3.84. The van der Waals surface area contributed by atoms with E-state index in [-0.39, 0.29) is 11.0 Å². The molecule has 0 heterocycles. The number of Topliss-reactive ketones (excluding diaryl/α,β-unsaturated/α-hetero) is 1. The van der Waals surface area contributed by atoms with Crippen molar-refractivity contribution in [1.29, 1.82) is 0 Å². The van der Waals surface area contributed by atoms with Gasteiger partial charge in [-0.1, -0.05) is 44.0 Å². The Morgan fingerprint density at radius 2 is 2.06 bits per heavy atom. The van der Waals surface area contributed by atoms with E-state index >= 15 is 0 Å². The molecule has 3 heteroatoms. The van der Waals surface area contributed by atoms with Gasteiger partial charge < -0.3 is 0 Å². The van der Waals surface area contributed by atoms with Crippen molar-refractivity contribution in [1.82, 2.24) is 0 Å². The van der Waals surface area contributed by atoms with Crippen LogP contribution in [-0.2, 0) is 17.2 Å². The molecule has 2 atom stereocenters. The molecule has 17 heavy (non-hydrogen) atoms. The lowest BCUT2D eigenvalue weighted by atomic mass is 10.1. The lowest BCUT2D eigenvalue weighted by Crippen LogP contribution is -2.24. The molecule has 1 aliphatic carbocycles. The fourth-order valence-corrected chi connectivity index (χ4v) is 3.76. The molecule has 0 bridgehead atoms. The maximum Gasteiger partial charge on any atom is 0.179 e. The molecule has 0 aliphatic heterocycles. The van der Waals surface area contributed by atoms with E-state index in [2.05, 4.69) is 6.92 Å². The summed E-state index contributed by atoms with van der Waals surface area (Å²) in [5.74, 6) is 0.744. The summed E-state index contributed by atoms with van der Waals surface area (Å²) in [5.41, 5.74) is 1.84. The van der Waals surface area contributed by atoms with Crippen LogP contribution in [-0.4, -0.2) is 21.0 Å². The van der Waals surface area contributed by atoms with E-state index in [9.17, 15) is 9.00 Å². The SMILES string of the molecule is CCCCCS(=O)C1Cc2ccccc2C1=O. The lowest BCUT2D eigenvalue weighted by Gasteiger charge is -2.07. The summed E-state index contributed by atoms with van der Waals surface area (Å²) >= 11 is 0. The summed E-state index contributed by atoms with van der Waals surface area (Å²) in [6.45, 7) is 2.12. The minimum atomic E-state index is -1.00. The zero-order valence-electron chi connectivity index (χ0n) is 10.1. The molecule has 0 saturated carbocycles. The molecule has 1 aromatic rings. The van der Waals surface area contributed by atoms with Gasteiger partial charge in [-0.3, -0.25) is 9.00 Å². The van der Waals surface area contributed by atoms with Crippen molar-refractivity contribution in [3.63, 3.8) is 0 Å². The minimum absolute atomic E-state index is 0.0791. The van der Waals surface area contributed by atoms with E-state index in [1.54, 1.807) is 0 Å². The number of carbonyl (C=O) groups is 1. The molecule has 0 saturated heterocycles. The van der Waals surface area contributed by atoms with E-state index in [0.717, 1.165) is 30.4 Å². The third-order valence-corrected chi connectivity index (χ3v) is 4.95. The average Bonchev–Trinajstić information content (AvgIpc) is 2.68. The normalized spacial score (nSPS) is 20.3. The molecule has 0 spiro atoms. The number of hydrogen-bond acceptors (Lipinski definition) is 2. The molecule has 1 aromatic carbocycles. The van der Waals surface area contributed by atoms with Crippen molar-refractivity contribution < 1.29 is 9.00 Å². The fraction of sp³-hybridized carbons (Fsp3) is 0.500. The van der Waals surface area contributed by atoms with E-state index in [1.807, 2.05) is 24.3 Å². The van der Waals surface area contributed by atoms with E-state index < -0.39 is 10.8 Å². The maximum atomic E-state index is 12.1. The minimum Gasteiger partial charge on any atom is -0.293 e. The Labute approximate surface area is 105 Å². The first-order chi connectivity index (χ1) is 8.24. The second-order valence-corrected chi connectivity index (χ2v) is 6.24. The zero-order chi connectivity index (χ0) is 12.3. The van der Waals surface area contributed by atoms with E-state index in [1.165, 1.54) is 0 Å². The van der Waals surface area contributed by atoms with Gasteiger partial charge in [0.1, 0.15) is 5.25 Å². The standard InChI is InChI=1S/C14H18O2S/c1-2-3-6-9-17(16)13-10-11-7-4-5-8-12(11)14(13)15/h4-5,7-8,13H,2-3,6,9-10H2,1H3. The van der Waals surface area contributed by atoms with Crippen molar-refractivity contribution in [3.05, 3.63) is 35.4 Å².